The van der Waals surface area contributed by atoms with E-state index in [2.05, 4.69) is 34.9 Å². The van der Waals surface area contributed by atoms with Crippen LogP contribution in [-0.2, 0) is 14.3 Å². The van der Waals surface area contributed by atoms with Crippen molar-refractivity contribution in [3.05, 3.63) is 59.7 Å². The number of carbonyl (C=O) groups is 3. The van der Waals surface area contributed by atoms with Gasteiger partial charge in [-0.05, 0) is 47.9 Å². The lowest BCUT2D eigenvalue weighted by Gasteiger charge is -2.41. The van der Waals surface area contributed by atoms with Crippen molar-refractivity contribution in [2.75, 3.05) is 6.61 Å². The number of nitrogens with one attached hydrogen (secondary N) is 2. The Bertz CT molecular complexity index is 1070. The molecule has 0 aliphatic heterocycles. The number of aliphatic carboxylic acids is 1. The molecule has 7 nitrogen and oxygen atoms in total. The second-order valence-electron chi connectivity index (χ2n) is 10.2. The van der Waals surface area contributed by atoms with Crippen molar-refractivity contribution in [2.45, 2.75) is 64.5 Å². The first-order valence-corrected chi connectivity index (χ1v) is 12.4. The summed E-state index contributed by atoms with van der Waals surface area (Å²) in [6.07, 6.45) is 2.36. The van der Waals surface area contributed by atoms with Crippen molar-refractivity contribution in [1.29, 1.82) is 0 Å². The molecule has 0 aromatic heterocycles. The van der Waals surface area contributed by atoms with Gasteiger partial charge < -0.3 is 20.5 Å². The molecule has 0 radical (unpaired) electrons. The molecule has 4 rings (SSSR count). The Balaban J connectivity index is 1.43. The number of benzene rings is 2. The van der Waals surface area contributed by atoms with E-state index in [4.69, 9.17) is 4.74 Å². The Hall–Kier alpha value is -3.35. The highest BCUT2D eigenvalue weighted by atomic mass is 16.5. The summed E-state index contributed by atoms with van der Waals surface area (Å²) < 4.78 is 5.70. The fraction of sp³-hybridized carbons (Fsp3) is 0.464. The van der Waals surface area contributed by atoms with Gasteiger partial charge in [0.1, 0.15) is 12.6 Å². The SMILES string of the molecule is CC(C)[C@H](NC(=O)C1(C)CCCCC1NC(=O)OCC1c2ccccc2-c2ccccc21)C(=O)O. The Morgan fingerprint density at radius 3 is 2.20 bits per heavy atom. The second-order valence-corrected chi connectivity index (χ2v) is 10.2. The maximum Gasteiger partial charge on any atom is 0.407 e. The highest BCUT2D eigenvalue weighted by Gasteiger charge is 2.45. The monoisotopic (exact) mass is 478 g/mol. The summed E-state index contributed by atoms with van der Waals surface area (Å²) in [7, 11) is 0. The molecular weight excluding hydrogens is 444 g/mol. The van der Waals surface area contributed by atoms with Gasteiger partial charge in [-0.15, -0.1) is 0 Å². The van der Waals surface area contributed by atoms with Gasteiger partial charge >= 0.3 is 12.1 Å². The van der Waals surface area contributed by atoms with E-state index in [1.807, 2.05) is 24.3 Å². The summed E-state index contributed by atoms with van der Waals surface area (Å²) in [6.45, 7) is 5.52. The molecule has 0 spiro atoms. The number of ether oxygens (including phenoxy) is 1. The molecule has 7 heteroatoms. The molecule has 2 aliphatic carbocycles. The number of hydrogen-bond acceptors (Lipinski definition) is 4. The smallest absolute Gasteiger partial charge is 0.407 e. The topological polar surface area (TPSA) is 105 Å². The largest absolute Gasteiger partial charge is 0.480 e. The first-order valence-electron chi connectivity index (χ1n) is 12.4. The summed E-state index contributed by atoms with van der Waals surface area (Å²) in [6, 6.07) is 14.9. The van der Waals surface area contributed by atoms with Crippen LogP contribution < -0.4 is 10.6 Å². The van der Waals surface area contributed by atoms with Crippen LogP contribution >= 0.6 is 0 Å². The highest BCUT2D eigenvalue weighted by Crippen LogP contribution is 2.44. The van der Waals surface area contributed by atoms with E-state index in [1.165, 1.54) is 0 Å². The molecule has 1 fully saturated rings. The Kier molecular flexibility index (Phi) is 7.15. The zero-order chi connectivity index (χ0) is 25.2. The molecule has 186 valence electrons. The number of rotatable bonds is 7. The molecule has 2 aromatic rings. The molecule has 2 unspecified atom stereocenters. The average Bonchev–Trinajstić information content (AvgIpc) is 3.16. The molecule has 1 saturated carbocycles. The third kappa shape index (κ3) is 4.90. The lowest BCUT2D eigenvalue weighted by Crippen LogP contribution is -2.58. The zero-order valence-corrected chi connectivity index (χ0v) is 20.5. The van der Waals surface area contributed by atoms with Crippen LogP contribution in [0.4, 0.5) is 4.79 Å². The summed E-state index contributed by atoms with van der Waals surface area (Å²) in [5.74, 6) is -1.70. The van der Waals surface area contributed by atoms with Crippen molar-refractivity contribution >= 4 is 18.0 Å². The summed E-state index contributed by atoms with van der Waals surface area (Å²) in [5, 5.41) is 15.1. The van der Waals surface area contributed by atoms with Gasteiger partial charge in [0.05, 0.1) is 5.41 Å². The first-order chi connectivity index (χ1) is 16.7. The molecule has 0 bridgehead atoms. The van der Waals surface area contributed by atoms with Crippen LogP contribution in [0.3, 0.4) is 0 Å². The van der Waals surface area contributed by atoms with Crippen molar-refractivity contribution in [3.8, 4) is 11.1 Å². The van der Waals surface area contributed by atoms with Crippen LogP contribution in [0.25, 0.3) is 11.1 Å². The van der Waals surface area contributed by atoms with Crippen molar-refractivity contribution in [1.82, 2.24) is 10.6 Å². The van der Waals surface area contributed by atoms with Crippen LogP contribution in [0, 0.1) is 11.3 Å². The Labute approximate surface area is 206 Å². The van der Waals surface area contributed by atoms with Crippen LogP contribution in [0.15, 0.2) is 48.5 Å². The first kappa shape index (κ1) is 24.8. The van der Waals surface area contributed by atoms with Gasteiger partial charge in [-0.3, -0.25) is 4.79 Å². The van der Waals surface area contributed by atoms with Gasteiger partial charge in [0.15, 0.2) is 0 Å². The predicted octanol–water partition coefficient (Wildman–Crippen LogP) is 4.70. The number of fused-ring (bicyclic) bond motifs is 3. The molecule has 2 aliphatic rings. The number of hydrogen-bond donors (Lipinski definition) is 3. The quantitative estimate of drug-likeness (QED) is 0.535. The van der Waals surface area contributed by atoms with E-state index < -0.39 is 29.6 Å². The third-order valence-electron chi connectivity index (χ3n) is 7.58. The summed E-state index contributed by atoms with van der Waals surface area (Å²) in [4.78, 5) is 37.7. The normalized spacial score (nSPS) is 22.1. The number of carboxylic acids is 1. The van der Waals surface area contributed by atoms with Gasteiger partial charge in [0, 0.05) is 12.0 Å². The minimum atomic E-state index is -1.06. The van der Waals surface area contributed by atoms with Crippen molar-refractivity contribution < 1.29 is 24.2 Å². The molecule has 0 heterocycles. The molecule has 2 aromatic carbocycles. The highest BCUT2D eigenvalue weighted by molar-refractivity contribution is 5.88. The van der Waals surface area contributed by atoms with E-state index >= 15 is 0 Å². The fourth-order valence-electron chi connectivity index (χ4n) is 5.44. The molecule has 2 amide bonds. The molecule has 3 N–H and O–H groups in total. The average molecular weight is 479 g/mol. The van der Waals surface area contributed by atoms with Gasteiger partial charge in [0.25, 0.3) is 0 Å². The standard InChI is InChI=1S/C28H34N2O5/c1-17(2)24(25(31)32)30-26(33)28(3)15-9-8-14-23(28)29-27(34)35-16-22-20-12-6-4-10-18(20)19-11-5-7-13-21(19)22/h4-7,10-13,17,22-24H,8-9,14-16H2,1-3H3,(H,29,34)(H,30,33)(H,31,32)/t23?,24-,28?/m0/s1. The molecule has 3 atom stereocenters. The number of alkyl carbamates (subject to hydrolysis) is 1. The predicted molar refractivity (Wildman–Crippen MR) is 133 cm³/mol. The fourth-order valence-corrected chi connectivity index (χ4v) is 5.44. The molecule has 0 saturated heterocycles. The van der Waals surface area contributed by atoms with E-state index in [9.17, 15) is 19.5 Å². The van der Waals surface area contributed by atoms with E-state index in [0.717, 1.165) is 35.1 Å². The van der Waals surface area contributed by atoms with Crippen molar-refractivity contribution in [2.24, 2.45) is 11.3 Å². The lowest BCUT2D eigenvalue weighted by atomic mass is 9.70. The second kappa shape index (κ2) is 10.1. The van der Waals surface area contributed by atoms with Crippen LogP contribution in [0.1, 0.15) is 63.5 Å². The third-order valence-corrected chi connectivity index (χ3v) is 7.58. The summed E-state index contributed by atoms with van der Waals surface area (Å²) >= 11 is 0. The van der Waals surface area contributed by atoms with Gasteiger partial charge in [-0.25, -0.2) is 9.59 Å². The van der Waals surface area contributed by atoms with Gasteiger partial charge in [0.2, 0.25) is 5.91 Å². The summed E-state index contributed by atoms with van der Waals surface area (Å²) in [5.41, 5.74) is 3.68. The number of carboxylic acid groups (broad SMARTS) is 1. The minimum Gasteiger partial charge on any atom is -0.480 e. The van der Waals surface area contributed by atoms with E-state index in [1.54, 1.807) is 20.8 Å². The molecular formula is C28H34N2O5. The lowest BCUT2D eigenvalue weighted by molar-refractivity contribution is -0.146. The maximum absolute atomic E-state index is 13.2. The van der Waals surface area contributed by atoms with Crippen LogP contribution in [-0.4, -0.2) is 41.8 Å². The number of amides is 2. The Morgan fingerprint density at radius 2 is 1.63 bits per heavy atom. The van der Waals surface area contributed by atoms with Crippen LogP contribution in [0.2, 0.25) is 0 Å². The van der Waals surface area contributed by atoms with Crippen LogP contribution in [0.5, 0.6) is 0 Å². The maximum atomic E-state index is 13.2. The number of carbonyl (C=O) groups excluding carboxylic acids is 2. The Morgan fingerprint density at radius 1 is 1.03 bits per heavy atom. The van der Waals surface area contributed by atoms with Gasteiger partial charge in [-0.1, -0.05) is 75.2 Å². The van der Waals surface area contributed by atoms with Crippen molar-refractivity contribution in [3.63, 3.8) is 0 Å². The van der Waals surface area contributed by atoms with E-state index in [0.29, 0.717) is 12.8 Å². The van der Waals surface area contributed by atoms with Gasteiger partial charge in [-0.2, -0.15) is 0 Å². The zero-order valence-electron chi connectivity index (χ0n) is 20.5. The van der Waals surface area contributed by atoms with E-state index in [-0.39, 0.29) is 24.3 Å². The molecule has 35 heavy (non-hydrogen) atoms. The minimum absolute atomic E-state index is 0.0449.